The van der Waals surface area contributed by atoms with Crippen LogP contribution >= 0.6 is 0 Å². The average molecular weight is 427 g/mol. The third-order valence-corrected chi connectivity index (χ3v) is 5.51. The van der Waals surface area contributed by atoms with Crippen LogP contribution in [0.25, 0.3) is 22.2 Å². The minimum Gasteiger partial charge on any atom is -0.496 e. The second-order valence-electron chi connectivity index (χ2n) is 7.74. The zero-order valence-corrected chi connectivity index (χ0v) is 18.4. The molecule has 2 aromatic carbocycles. The Balaban J connectivity index is 1.66. The van der Waals surface area contributed by atoms with Crippen LogP contribution in [0.3, 0.4) is 0 Å². The predicted molar refractivity (Wildman–Crippen MR) is 127 cm³/mol. The molecule has 2 heterocycles. The van der Waals surface area contributed by atoms with Crippen LogP contribution in [-0.4, -0.2) is 48.5 Å². The van der Waals surface area contributed by atoms with Crippen molar-refractivity contribution in [1.29, 1.82) is 0 Å². The number of nitrogens with one attached hydrogen (secondary N) is 1. The van der Waals surface area contributed by atoms with Crippen LogP contribution in [0.1, 0.15) is 22.0 Å². The minimum atomic E-state index is -0.138. The Kier molecular flexibility index (Phi) is 6.42. The topological polar surface area (TPSA) is 67.3 Å². The Morgan fingerprint density at radius 1 is 1.03 bits per heavy atom. The van der Waals surface area contributed by atoms with E-state index in [9.17, 15) is 4.79 Å². The van der Waals surface area contributed by atoms with Crippen LogP contribution < -0.4 is 10.1 Å². The number of carbonyl (C=O) groups is 1. The molecule has 0 bridgehead atoms. The van der Waals surface area contributed by atoms with Crippen molar-refractivity contribution in [2.24, 2.45) is 0 Å². The number of likely N-dealkylation sites (N-methyl/N-ethyl adjacent to an activating group) is 1. The Hall–Kier alpha value is -3.77. The minimum absolute atomic E-state index is 0.0390. The standard InChI is InChI=1S/C26H26N4O2/c1-30(2)24(20-9-5-7-11-25(20)32-3)17-28-26(31)21-16-23(18-12-14-27-15-13-18)29-22-10-6-4-8-19(21)22/h4-16,24H,17H2,1-3H3,(H,28,31). The smallest absolute Gasteiger partial charge is 0.252 e. The van der Waals surface area contributed by atoms with E-state index in [1.165, 1.54) is 0 Å². The molecule has 162 valence electrons. The van der Waals surface area contributed by atoms with Gasteiger partial charge in [0.05, 0.1) is 29.9 Å². The highest BCUT2D eigenvalue weighted by molar-refractivity contribution is 6.07. The Bertz CT molecular complexity index is 1220. The lowest BCUT2D eigenvalue weighted by molar-refractivity contribution is 0.0943. The van der Waals surface area contributed by atoms with Gasteiger partial charge in [0.2, 0.25) is 0 Å². The first-order valence-corrected chi connectivity index (χ1v) is 10.5. The maximum absolute atomic E-state index is 13.4. The third-order valence-electron chi connectivity index (χ3n) is 5.51. The van der Waals surface area contributed by atoms with Gasteiger partial charge in [0.1, 0.15) is 5.75 Å². The van der Waals surface area contributed by atoms with Gasteiger partial charge in [0, 0.05) is 35.5 Å². The molecule has 0 fully saturated rings. The SMILES string of the molecule is COc1ccccc1C(CNC(=O)c1cc(-c2ccncc2)nc2ccccc12)N(C)C. The first-order chi connectivity index (χ1) is 15.6. The van der Waals surface area contributed by atoms with Gasteiger partial charge < -0.3 is 15.0 Å². The van der Waals surface area contributed by atoms with Crippen LogP contribution in [0.5, 0.6) is 5.75 Å². The average Bonchev–Trinajstić information content (AvgIpc) is 2.84. The molecule has 2 aromatic heterocycles. The normalized spacial score (nSPS) is 12.0. The number of rotatable bonds is 7. The second-order valence-corrected chi connectivity index (χ2v) is 7.74. The summed E-state index contributed by atoms with van der Waals surface area (Å²) in [7, 11) is 5.65. The fourth-order valence-electron chi connectivity index (χ4n) is 3.83. The van der Waals surface area contributed by atoms with Crippen molar-refractivity contribution >= 4 is 16.8 Å². The Morgan fingerprint density at radius 3 is 2.50 bits per heavy atom. The van der Waals surface area contributed by atoms with Crippen molar-refractivity contribution in [3.63, 3.8) is 0 Å². The maximum atomic E-state index is 13.4. The molecule has 1 unspecified atom stereocenters. The van der Waals surface area contributed by atoms with Crippen molar-refractivity contribution in [3.05, 3.63) is 90.3 Å². The summed E-state index contributed by atoms with van der Waals surface area (Å²) in [4.78, 5) is 24.3. The number of hydrogen-bond acceptors (Lipinski definition) is 5. The number of fused-ring (bicyclic) bond motifs is 1. The monoisotopic (exact) mass is 426 g/mol. The lowest BCUT2D eigenvalue weighted by Crippen LogP contribution is -2.34. The number of para-hydroxylation sites is 2. The number of amides is 1. The summed E-state index contributed by atoms with van der Waals surface area (Å²) in [5.41, 5.74) is 4.06. The fourth-order valence-corrected chi connectivity index (χ4v) is 3.83. The van der Waals surface area contributed by atoms with Gasteiger partial charge in [-0.25, -0.2) is 4.98 Å². The van der Waals surface area contributed by atoms with Gasteiger partial charge in [-0.15, -0.1) is 0 Å². The van der Waals surface area contributed by atoms with E-state index < -0.39 is 0 Å². The summed E-state index contributed by atoms with van der Waals surface area (Å²) in [6.45, 7) is 0.438. The molecule has 4 aromatic rings. The molecule has 4 rings (SSSR count). The first kappa shape index (κ1) is 21.5. The summed E-state index contributed by atoms with van der Waals surface area (Å²) < 4.78 is 5.54. The van der Waals surface area contributed by atoms with Crippen molar-refractivity contribution < 1.29 is 9.53 Å². The van der Waals surface area contributed by atoms with Crippen LogP contribution in [0.2, 0.25) is 0 Å². The van der Waals surface area contributed by atoms with E-state index in [1.807, 2.05) is 80.8 Å². The highest BCUT2D eigenvalue weighted by atomic mass is 16.5. The van der Waals surface area contributed by atoms with Crippen LogP contribution in [0, 0.1) is 0 Å². The van der Waals surface area contributed by atoms with Crippen molar-refractivity contribution in [2.75, 3.05) is 27.7 Å². The van der Waals surface area contributed by atoms with Gasteiger partial charge in [-0.3, -0.25) is 9.78 Å². The van der Waals surface area contributed by atoms with Crippen molar-refractivity contribution in [1.82, 2.24) is 20.2 Å². The highest BCUT2D eigenvalue weighted by Gasteiger charge is 2.20. The van der Waals surface area contributed by atoms with E-state index in [1.54, 1.807) is 19.5 Å². The summed E-state index contributed by atoms with van der Waals surface area (Å²) >= 11 is 0. The van der Waals surface area contributed by atoms with E-state index in [-0.39, 0.29) is 11.9 Å². The number of benzene rings is 2. The summed E-state index contributed by atoms with van der Waals surface area (Å²) in [6.07, 6.45) is 3.45. The van der Waals surface area contributed by atoms with E-state index in [4.69, 9.17) is 9.72 Å². The summed E-state index contributed by atoms with van der Waals surface area (Å²) in [6, 6.07) is 21.2. The number of aromatic nitrogens is 2. The maximum Gasteiger partial charge on any atom is 0.252 e. The molecule has 6 heteroatoms. The van der Waals surface area contributed by atoms with Crippen LogP contribution in [-0.2, 0) is 0 Å². The molecule has 0 aliphatic heterocycles. The predicted octanol–water partition coefficient (Wildman–Crippen LogP) is 4.34. The molecule has 0 aliphatic carbocycles. The molecule has 1 N–H and O–H groups in total. The molecule has 1 atom stereocenters. The van der Waals surface area contributed by atoms with E-state index in [0.29, 0.717) is 12.1 Å². The third kappa shape index (κ3) is 4.45. The number of pyridine rings is 2. The molecule has 0 radical (unpaired) electrons. The molecule has 0 spiro atoms. The molecule has 0 saturated heterocycles. The quantitative estimate of drug-likeness (QED) is 0.476. The van der Waals surface area contributed by atoms with Gasteiger partial charge >= 0.3 is 0 Å². The van der Waals surface area contributed by atoms with Crippen LogP contribution in [0.15, 0.2) is 79.1 Å². The Labute approximate surface area is 187 Å². The second kappa shape index (κ2) is 9.58. The zero-order chi connectivity index (χ0) is 22.5. The number of carbonyl (C=O) groups excluding carboxylic acids is 1. The Morgan fingerprint density at radius 2 is 1.75 bits per heavy atom. The lowest BCUT2D eigenvalue weighted by Gasteiger charge is -2.26. The van der Waals surface area contributed by atoms with Gasteiger partial charge in [0.25, 0.3) is 5.91 Å². The molecule has 6 nitrogen and oxygen atoms in total. The first-order valence-electron chi connectivity index (χ1n) is 10.5. The van der Waals surface area contributed by atoms with Gasteiger partial charge in [-0.05, 0) is 44.4 Å². The molecular formula is C26H26N4O2. The number of nitrogens with zero attached hydrogens (tertiary/aromatic N) is 3. The van der Waals surface area contributed by atoms with Crippen molar-refractivity contribution in [3.8, 4) is 17.0 Å². The summed E-state index contributed by atoms with van der Waals surface area (Å²) in [5, 5.41) is 3.95. The van der Waals surface area contributed by atoms with Gasteiger partial charge in [-0.2, -0.15) is 0 Å². The number of hydrogen-bond donors (Lipinski definition) is 1. The summed E-state index contributed by atoms with van der Waals surface area (Å²) in [5.74, 6) is 0.662. The van der Waals surface area contributed by atoms with Crippen molar-refractivity contribution in [2.45, 2.75) is 6.04 Å². The zero-order valence-electron chi connectivity index (χ0n) is 18.4. The largest absolute Gasteiger partial charge is 0.496 e. The van der Waals surface area contributed by atoms with Gasteiger partial charge in [-0.1, -0.05) is 36.4 Å². The molecule has 0 saturated carbocycles. The molecule has 32 heavy (non-hydrogen) atoms. The van der Waals surface area contributed by atoms with Gasteiger partial charge in [0.15, 0.2) is 0 Å². The van der Waals surface area contributed by atoms with Crippen LogP contribution in [0.4, 0.5) is 0 Å². The molecular weight excluding hydrogens is 400 g/mol. The van der Waals surface area contributed by atoms with E-state index in [0.717, 1.165) is 33.5 Å². The molecule has 0 aliphatic rings. The molecule has 1 amide bonds. The number of ether oxygens (including phenoxy) is 1. The lowest BCUT2D eigenvalue weighted by atomic mass is 10.0. The van der Waals surface area contributed by atoms with E-state index in [2.05, 4.69) is 15.2 Å². The number of methoxy groups -OCH3 is 1. The fraction of sp³-hybridized carbons (Fsp3) is 0.192. The van der Waals surface area contributed by atoms with E-state index >= 15 is 0 Å². The highest BCUT2D eigenvalue weighted by Crippen LogP contribution is 2.28.